The summed E-state index contributed by atoms with van der Waals surface area (Å²) in [5.41, 5.74) is 5.11. The van der Waals surface area contributed by atoms with Gasteiger partial charge in [0.15, 0.2) is 11.8 Å². The fourth-order valence-electron chi connectivity index (χ4n) is 4.83. The molecule has 1 aliphatic rings. The molecule has 4 aromatic rings. The summed E-state index contributed by atoms with van der Waals surface area (Å²) in [6, 6.07) is 32.1. The number of rotatable bonds is 11. The Morgan fingerprint density at radius 3 is 1.96 bits per heavy atom. The molecule has 1 fully saturated rings. The number of hydrogen-bond acceptors (Lipinski definition) is 7. The SMILES string of the molecule is C=C=C(C(=O)OC(c1ccccc1)c1ccccc1)N1C(=O)[C@@H](NC(=O)Cc2ccccc2)[C@H]1SS(=O)(=O)c1ccc(C)cc1. The highest BCUT2D eigenvalue weighted by atomic mass is 33.1. The van der Waals surface area contributed by atoms with Crippen molar-refractivity contribution in [3.05, 3.63) is 156 Å². The van der Waals surface area contributed by atoms with Crippen LogP contribution in [-0.2, 0) is 34.4 Å². The molecule has 8 nitrogen and oxygen atoms in total. The van der Waals surface area contributed by atoms with Crippen LogP contribution in [-0.4, -0.2) is 42.5 Å². The molecule has 45 heavy (non-hydrogen) atoms. The van der Waals surface area contributed by atoms with Gasteiger partial charge in [0.05, 0.1) is 11.3 Å². The Labute approximate surface area is 265 Å². The molecule has 5 rings (SSSR count). The lowest BCUT2D eigenvalue weighted by molar-refractivity contribution is -0.154. The lowest BCUT2D eigenvalue weighted by Crippen LogP contribution is -2.69. The largest absolute Gasteiger partial charge is 0.447 e. The van der Waals surface area contributed by atoms with E-state index in [-0.39, 0.29) is 17.0 Å². The summed E-state index contributed by atoms with van der Waals surface area (Å²) in [5.74, 6) is -2.09. The first-order valence-electron chi connectivity index (χ1n) is 14.0. The average Bonchev–Trinajstić information content (AvgIpc) is 3.05. The van der Waals surface area contributed by atoms with Gasteiger partial charge in [0.2, 0.25) is 14.8 Å². The van der Waals surface area contributed by atoms with E-state index in [9.17, 15) is 22.8 Å². The zero-order valence-electron chi connectivity index (χ0n) is 24.3. The monoisotopic (exact) mass is 638 g/mol. The summed E-state index contributed by atoms with van der Waals surface area (Å²) >= 11 is 0. The molecule has 228 valence electrons. The van der Waals surface area contributed by atoms with Gasteiger partial charge in [-0.15, -0.1) is 0 Å². The lowest BCUT2D eigenvalue weighted by Gasteiger charge is -2.45. The number of carbonyl (C=O) groups excluding carboxylic acids is 3. The van der Waals surface area contributed by atoms with E-state index < -0.39 is 44.2 Å². The van der Waals surface area contributed by atoms with Crippen molar-refractivity contribution in [2.24, 2.45) is 0 Å². The molecule has 10 heteroatoms. The number of aryl methyl sites for hydroxylation is 1. The van der Waals surface area contributed by atoms with Crippen molar-refractivity contribution < 1.29 is 27.5 Å². The molecule has 0 spiro atoms. The number of amides is 2. The second-order valence-corrected chi connectivity index (χ2v) is 14.3. The van der Waals surface area contributed by atoms with Crippen LogP contribution in [0.15, 0.2) is 138 Å². The molecule has 1 N–H and O–H groups in total. The van der Waals surface area contributed by atoms with Crippen LogP contribution in [0.3, 0.4) is 0 Å². The summed E-state index contributed by atoms with van der Waals surface area (Å²) in [6.07, 6.45) is -0.849. The molecule has 0 radical (unpaired) electrons. The Kier molecular flexibility index (Phi) is 9.68. The van der Waals surface area contributed by atoms with E-state index in [4.69, 9.17) is 4.74 Å². The Balaban J connectivity index is 1.43. The van der Waals surface area contributed by atoms with Gasteiger partial charge < -0.3 is 10.1 Å². The van der Waals surface area contributed by atoms with Crippen molar-refractivity contribution in [2.75, 3.05) is 0 Å². The van der Waals surface area contributed by atoms with Crippen molar-refractivity contribution in [1.82, 2.24) is 10.2 Å². The standard InChI is InChI=1S/C35H30N2O6S2/c1-3-29(35(40)43-32(26-15-9-5-10-16-26)27-17-11-6-12-18-27)37-33(39)31(36-30(38)23-25-13-7-4-8-14-25)34(37)44-45(41,42)28-21-19-24(2)20-22-28/h4-22,31-32,34H,1,23H2,2H3,(H,36,38)/t31-,34-/m1/s1. The van der Waals surface area contributed by atoms with E-state index in [1.807, 2.05) is 73.7 Å². The van der Waals surface area contributed by atoms with Crippen LogP contribution >= 0.6 is 10.8 Å². The second kappa shape index (κ2) is 13.8. The first-order valence-corrected chi connectivity index (χ1v) is 16.9. The molecule has 0 bridgehead atoms. The van der Waals surface area contributed by atoms with E-state index in [0.717, 1.165) is 16.0 Å². The first kappa shape index (κ1) is 31.5. The van der Waals surface area contributed by atoms with Crippen LogP contribution in [0.1, 0.15) is 28.4 Å². The zero-order valence-corrected chi connectivity index (χ0v) is 26.0. The number of ether oxygens (including phenoxy) is 1. The van der Waals surface area contributed by atoms with Gasteiger partial charge in [-0.3, -0.25) is 14.5 Å². The molecule has 2 atom stereocenters. The minimum absolute atomic E-state index is 0.0191. The minimum Gasteiger partial charge on any atom is -0.447 e. The summed E-state index contributed by atoms with van der Waals surface area (Å²) in [6.45, 7) is 5.44. The first-order chi connectivity index (χ1) is 21.7. The van der Waals surface area contributed by atoms with Crippen molar-refractivity contribution in [1.29, 1.82) is 0 Å². The molecule has 0 unspecified atom stereocenters. The predicted molar refractivity (Wildman–Crippen MR) is 172 cm³/mol. The number of likely N-dealkylation sites (tertiary alicyclic amines) is 1. The number of carbonyl (C=O) groups is 3. The third-order valence-electron chi connectivity index (χ3n) is 7.13. The minimum atomic E-state index is -4.04. The van der Waals surface area contributed by atoms with Crippen LogP contribution in [0.5, 0.6) is 0 Å². The number of hydrogen-bond donors (Lipinski definition) is 1. The fraction of sp³-hybridized carbons (Fsp3) is 0.143. The van der Waals surface area contributed by atoms with Gasteiger partial charge in [-0.25, -0.2) is 13.2 Å². The zero-order chi connectivity index (χ0) is 32.0. The molecule has 0 aliphatic carbocycles. The number of benzene rings is 4. The molecular formula is C35H30N2O6S2. The summed E-state index contributed by atoms with van der Waals surface area (Å²) in [7, 11) is -3.58. The average molecular weight is 639 g/mol. The van der Waals surface area contributed by atoms with Crippen molar-refractivity contribution >= 4 is 37.4 Å². The van der Waals surface area contributed by atoms with Crippen LogP contribution < -0.4 is 5.32 Å². The van der Waals surface area contributed by atoms with Crippen molar-refractivity contribution in [2.45, 2.75) is 35.8 Å². The molecule has 2 amide bonds. The predicted octanol–water partition coefficient (Wildman–Crippen LogP) is 5.31. The molecule has 0 aromatic heterocycles. The summed E-state index contributed by atoms with van der Waals surface area (Å²) < 4.78 is 32.9. The molecular weight excluding hydrogens is 609 g/mol. The van der Waals surface area contributed by atoms with Crippen LogP contribution in [0.2, 0.25) is 0 Å². The molecule has 0 saturated carbocycles. The third kappa shape index (κ3) is 7.26. The Morgan fingerprint density at radius 1 is 0.889 bits per heavy atom. The maximum atomic E-state index is 13.7. The molecule has 1 heterocycles. The second-order valence-electron chi connectivity index (χ2n) is 10.3. The normalized spacial score (nSPS) is 16.0. The molecule has 1 saturated heterocycles. The van der Waals surface area contributed by atoms with E-state index in [0.29, 0.717) is 21.9 Å². The van der Waals surface area contributed by atoms with E-state index in [1.165, 1.54) is 12.1 Å². The smallest absolute Gasteiger partial charge is 0.364 e. The van der Waals surface area contributed by atoms with Gasteiger partial charge in [0.1, 0.15) is 11.4 Å². The number of β-lactam (4-membered cyclic amide) rings is 1. The summed E-state index contributed by atoms with van der Waals surface area (Å²) in [4.78, 5) is 41.2. The van der Waals surface area contributed by atoms with E-state index in [2.05, 4.69) is 17.6 Å². The highest BCUT2D eigenvalue weighted by Gasteiger charge is 2.54. The van der Waals surface area contributed by atoms with E-state index >= 15 is 0 Å². The van der Waals surface area contributed by atoms with Crippen molar-refractivity contribution in [3.63, 3.8) is 0 Å². The highest BCUT2D eigenvalue weighted by Crippen LogP contribution is 2.40. The Morgan fingerprint density at radius 2 is 1.42 bits per heavy atom. The van der Waals surface area contributed by atoms with Gasteiger partial charge in [0, 0.05) is 10.8 Å². The fourth-order valence-corrected chi connectivity index (χ4v) is 8.30. The van der Waals surface area contributed by atoms with Gasteiger partial charge >= 0.3 is 5.97 Å². The highest BCUT2D eigenvalue weighted by molar-refractivity contribution is 8.72. The van der Waals surface area contributed by atoms with Crippen LogP contribution in [0.4, 0.5) is 0 Å². The lowest BCUT2D eigenvalue weighted by atomic mass is 10.0. The van der Waals surface area contributed by atoms with Crippen LogP contribution in [0, 0.1) is 6.92 Å². The number of nitrogens with one attached hydrogen (secondary N) is 1. The molecule has 4 aromatic carbocycles. The topological polar surface area (TPSA) is 110 Å². The number of nitrogens with zero attached hydrogens (tertiary/aromatic N) is 1. The van der Waals surface area contributed by atoms with Crippen molar-refractivity contribution in [3.8, 4) is 0 Å². The quantitative estimate of drug-likeness (QED) is 0.0779. The van der Waals surface area contributed by atoms with E-state index in [1.54, 1.807) is 36.4 Å². The Hall–Kier alpha value is -4.89. The van der Waals surface area contributed by atoms with Gasteiger partial charge in [-0.05, 0) is 35.7 Å². The van der Waals surface area contributed by atoms with Gasteiger partial charge in [0.25, 0.3) is 5.91 Å². The van der Waals surface area contributed by atoms with Gasteiger partial charge in [-0.2, -0.15) is 0 Å². The van der Waals surface area contributed by atoms with Gasteiger partial charge in [-0.1, -0.05) is 121 Å². The number of esters is 1. The maximum absolute atomic E-state index is 13.7. The third-order valence-corrected chi connectivity index (χ3v) is 10.8. The molecule has 1 aliphatic heterocycles. The van der Waals surface area contributed by atoms with Crippen LogP contribution in [0.25, 0.3) is 0 Å². The maximum Gasteiger partial charge on any atom is 0.364 e. The Bertz CT molecular complexity index is 1800. The summed E-state index contributed by atoms with van der Waals surface area (Å²) in [5, 5.41) is 1.46.